The molecule has 0 bridgehead atoms. The van der Waals surface area contributed by atoms with Gasteiger partial charge in [-0.2, -0.15) is 5.26 Å². The van der Waals surface area contributed by atoms with Gasteiger partial charge in [-0.1, -0.05) is 30.3 Å². The van der Waals surface area contributed by atoms with Crippen LogP contribution in [0.25, 0.3) is 0 Å². The van der Waals surface area contributed by atoms with Crippen molar-refractivity contribution in [2.45, 2.75) is 6.54 Å². The average molecular weight is 266 g/mol. The molecule has 0 heterocycles. The lowest BCUT2D eigenvalue weighted by molar-refractivity contribution is -0.135. The third-order valence-corrected chi connectivity index (χ3v) is 2.88. The smallest absolute Gasteiger partial charge is 0.323 e. The summed E-state index contributed by atoms with van der Waals surface area (Å²) in [6, 6.07) is 18.7. The first-order valence-corrected chi connectivity index (χ1v) is 6.20. The molecular formula is C16H14N2O2. The number of rotatable bonds is 5. The number of nitrogens with zero attached hydrogens (tertiary/aromatic N) is 2. The van der Waals surface area contributed by atoms with Crippen LogP contribution in [-0.4, -0.2) is 17.6 Å². The first kappa shape index (κ1) is 13.6. The highest BCUT2D eigenvalue weighted by Gasteiger charge is 2.11. The van der Waals surface area contributed by atoms with E-state index in [1.807, 2.05) is 36.4 Å². The van der Waals surface area contributed by atoms with Crippen LogP contribution < -0.4 is 4.90 Å². The van der Waals surface area contributed by atoms with Gasteiger partial charge in [-0.3, -0.25) is 4.79 Å². The van der Waals surface area contributed by atoms with Gasteiger partial charge in [0, 0.05) is 12.2 Å². The highest BCUT2D eigenvalue weighted by molar-refractivity contribution is 5.73. The molecule has 0 spiro atoms. The topological polar surface area (TPSA) is 64.3 Å². The quantitative estimate of drug-likeness (QED) is 0.903. The number of hydrogen-bond donors (Lipinski definition) is 1. The molecule has 0 amide bonds. The Morgan fingerprint density at radius 1 is 1.15 bits per heavy atom. The van der Waals surface area contributed by atoms with Crippen molar-refractivity contribution in [3.63, 3.8) is 0 Å². The van der Waals surface area contributed by atoms with E-state index < -0.39 is 5.97 Å². The summed E-state index contributed by atoms with van der Waals surface area (Å²) < 4.78 is 0. The molecule has 100 valence electrons. The number of para-hydroxylation sites is 1. The number of hydrogen-bond acceptors (Lipinski definition) is 3. The molecule has 2 rings (SSSR count). The maximum atomic E-state index is 11.0. The molecule has 4 nitrogen and oxygen atoms in total. The van der Waals surface area contributed by atoms with Crippen LogP contribution in [0.5, 0.6) is 0 Å². The lowest BCUT2D eigenvalue weighted by Crippen LogP contribution is -2.29. The summed E-state index contributed by atoms with van der Waals surface area (Å²) in [5.41, 5.74) is 2.33. The van der Waals surface area contributed by atoms with Crippen LogP contribution in [0.4, 0.5) is 5.69 Å². The molecule has 0 fully saturated rings. The monoisotopic (exact) mass is 266 g/mol. The van der Waals surface area contributed by atoms with E-state index in [2.05, 4.69) is 6.07 Å². The van der Waals surface area contributed by atoms with Crippen LogP contribution in [0, 0.1) is 11.3 Å². The van der Waals surface area contributed by atoms with Gasteiger partial charge in [-0.15, -0.1) is 0 Å². The van der Waals surface area contributed by atoms with E-state index in [0.717, 1.165) is 11.3 Å². The Morgan fingerprint density at radius 3 is 2.55 bits per heavy atom. The minimum Gasteiger partial charge on any atom is -0.480 e. The molecule has 0 saturated heterocycles. The van der Waals surface area contributed by atoms with E-state index in [4.69, 9.17) is 10.4 Å². The van der Waals surface area contributed by atoms with Gasteiger partial charge in [0.15, 0.2) is 0 Å². The SMILES string of the molecule is N#Cc1cccc(CN(CC(=O)O)c2ccccc2)c1. The molecule has 4 heteroatoms. The summed E-state index contributed by atoms with van der Waals surface area (Å²) in [5, 5.41) is 17.9. The first-order valence-electron chi connectivity index (χ1n) is 6.20. The summed E-state index contributed by atoms with van der Waals surface area (Å²) in [7, 11) is 0. The predicted octanol–water partition coefficient (Wildman–Crippen LogP) is 2.65. The number of benzene rings is 2. The summed E-state index contributed by atoms with van der Waals surface area (Å²) in [4.78, 5) is 12.8. The van der Waals surface area contributed by atoms with E-state index in [9.17, 15) is 4.79 Å². The molecule has 2 aromatic carbocycles. The maximum absolute atomic E-state index is 11.0. The van der Waals surface area contributed by atoms with E-state index >= 15 is 0 Å². The Labute approximate surface area is 117 Å². The van der Waals surface area contributed by atoms with Crippen LogP contribution in [0.15, 0.2) is 54.6 Å². The van der Waals surface area contributed by atoms with Crippen molar-refractivity contribution in [3.8, 4) is 6.07 Å². The van der Waals surface area contributed by atoms with Crippen LogP contribution >= 0.6 is 0 Å². The van der Waals surface area contributed by atoms with Crippen molar-refractivity contribution < 1.29 is 9.90 Å². The molecule has 0 aliphatic rings. The van der Waals surface area contributed by atoms with Gasteiger partial charge in [0.2, 0.25) is 0 Å². The minimum atomic E-state index is -0.884. The van der Waals surface area contributed by atoms with Gasteiger partial charge in [0.1, 0.15) is 6.54 Å². The second-order valence-corrected chi connectivity index (χ2v) is 4.40. The fourth-order valence-electron chi connectivity index (χ4n) is 2.00. The van der Waals surface area contributed by atoms with Crippen molar-refractivity contribution in [1.82, 2.24) is 0 Å². The number of carbonyl (C=O) groups is 1. The lowest BCUT2D eigenvalue weighted by atomic mass is 10.1. The summed E-state index contributed by atoms with van der Waals surface area (Å²) in [6.45, 7) is 0.368. The fourth-order valence-corrected chi connectivity index (χ4v) is 2.00. The number of aliphatic carboxylic acids is 1. The molecule has 0 saturated carbocycles. The van der Waals surface area contributed by atoms with Crippen LogP contribution in [0.3, 0.4) is 0 Å². The summed E-state index contributed by atoms with van der Waals surface area (Å²) in [6.07, 6.45) is 0. The zero-order valence-corrected chi connectivity index (χ0v) is 10.9. The van der Waals surface area contributed by atoms with Crippen LogP contribution in [0.2, 0.25) is 0 Å². The molecule has 2 aromatic rings. The summed E-state index contributed by atoms with van der Waals surface area (Å²) >= 11 is 0. The number of carboxylic acid groups (broad SMARTS) is 1. The fraction of sp³-hybridized carbons (Fsp3) is 0.125. The standard InChI is InChI=1S/C16H14N2O2/c17-10-13-5-4-6-14(9-13)11-18(12-16(19)20)15-7-2-1-3-8-15/h1-9H,11-12H2,(H,19,20). The lowest BCUT2D eigenvalue weighted by Gasteiger charge is -2.23. The number of carboxylic acids is 1. The van der Waals surface area contributed by atoms with E-state index in [1.165, 1.54) is 0 Å². The second kappa shape index (κ2) is 6.39. The highest BCUT2D eigenvalue weighted by Crippen LogP contribution is 2.17. The number of anilines is 1. The number of nitriles is 1. The Hall–Kier alpha value is -2.80. The Balaban J connectivity index is 2.24. The van der Waals surface area contributed by atoms with E-state index in [0.29, 0.717) is 12.1 Å². The van der Waals surface area contributed by atoms with Gasteiger partial charge < -0.3 is 10.0 Å². The van der Waals surface area contributed by atoms with Crippen molar-refractivity contribution in [3.05, 3.63) is 65.7 Å². The Bertz CT molecular complexity index is 632. The Morgan fingerprint density at radius 2 is 1.90 bits per heavy atom. The van der Waals surface area contributed by atoms with E-state index in [1.54, 1.807) is 23.1 Å². The third kappa shape index (κ3) is 3.59. The molecule has 0 radical (unpaired) electrons. The van der Waals surface area contributed by atoms with E-state index in [-0.39, 0.29) is 6.54 Å². The molecule has 0 aliphatic carbocycles. The molecule has 20 heavy (non-hydrogen) atoms. The first-order chi connectivity index (χ1) is 9.69. The maximum Gasteiger partial charge on any atom is 0.323 e. The molecule has 0 aromatic heterocycles. The minimum absolute atomic E-state index is 0.0825. The molecule has 0 aliphatic heterocycles. The molecule has 0 unspecified atom stereocenters. The van der Waals surface area contributed by atoms with Crippen molar-refractivity contribution in [1.29, 1.82) is 5.26 Å². The normalized spacial score (nSPS) is 9.75. The average Bonchev–Trinajstić information content (AvgIpc) is 2.47. The van der Waals surface area contributed by atoms with Gasteiger partial charge in [-0.25, -0.2) is 0 Å². The highest BCUT2D eigenvalue weighted by atomic mass is 16.4. The van der Waals surface area contributed by atoms with Gasteiger partial charge in [0.05, 0.1) is 11.6 Å². The molecule has 1 N–H and O–H groups in total. The zero-order chi connectivity index (χ0) is 14.4. The predicted molar refractivity (Wildman–Crippen MR) is 76.3 cm³/mol. The van der Waals surface area contributed by atoms with Gasteiger partial charge in [-0.05, 0) is 29.8 Å². The molecular weight excluding hydrogens is 252 g/mol. The Kier molecular flexibility index (Phi) is 4.35. The second-order valence-electron chi connectivity index (χ2n) is 4.40. The van der Waals surface area contributed by atoms with Crippen molar-refractivity contribution >= 4 is 11.7 Å². The van der Waals surface area contributed by atoms with Crippen LogP contribution in [0.1, 0.15) is 11.1 Å². The summed E-state index contributed by atoms with van der Waals surface area (Å²) in [5.74, 6) is -0.884. The molecule has 0 atom stereocenters. The van der Waals surface area contributed by atoms with Crippen molar-refractivity contribution in [2.24, 2.45) is 0 Å². The third-order valence-electron chi connectivity index (χ3n) is 2.88. The van der Waals surface area contributed by atoms with Gasteiger partial charge in [0.25, 0.3) is 0 Å². The van der Waals surface area contributed by atoms with Gasteiger partial charge >= 0.3 is 5.97 Å². The van der Waals surface area contributed by atoms with Crippen molar-refractivity contribution in [2.75, 3.05) is 11.4 Å². The van der Waals surface area contributed by atoms with Crippen LogP contribution in [-0.2, 0) is 11.3 Å². The largest absolute Gasteiger partial charge is 0.480 e. The zero-order valence-electron chi connectivity index (χ0n) is 10.9.